The molecule has 2 unspecified atom stereocenters. The summed E-state index contributed by atoms with van der Waals surface area (Å²) in [5.41, 5.74) is 2.33. The van der Waals surface area contributed by atoms with Gasteiger partial charge < -0.3 is 0 Å². The average molecular weight is 186 g/mol. The van der Waals surface area contributed by atoms with E-state index in [9.17, 15) is 0 Å². The monoisotopic (exact) mass is 186 g/mol. The minimum absolute atomic E-state index is 0.593. The summed E-state index contributed by atoms with van der Waals surface area (Å²) in [4.78, 5) is 8.04. The van der Waals surface area contributed by atoms with Crippen LogP contribution in [0, 0.1) is 11.8 Å². The summed E-state index contributed by atoms with van der Waals surface area (Å²) in [5.74, 6) is 1.22. The minimum Gasteiger partial charge on any atom is -0.244 e. The van der Waals surface area contributed by atoms with Crippen molar-refractivity contribution in [3.8, 4) is 0 Å². The Morgan fingerprint density at radius 1 is 1.07 bits per heavy atom. The molecule has 1 aliphatic rings. The molecule has 0 amide bonds. The summed E-state index contributed by atoms with van der Waals surface area (Å²) < 4.78 is 0. The topological polar surface area (TPSA) is 25.8 Å². The van der Waals surface area contributed by atoms with Crippen LogP contribution in [0.1, 0.15) is 19.4 Å². The largest absolute Gasteiger partial charge is 0.244 e. The molecule has 0 N–H and O–H groups in total. The summed E-state index contributed by atoms with van der Waals surface area (Å²) in [7, 11) is 0. The lowest BCUT2D eigenvalue weighted by molar-refractivity contribution is 0.554. The van der Waals surface area contributed by atoms with Gasteiger partial charge in [0.2, 0.25) is 0 Å². The molecular formula is C12H14N2. The average Bonchev–Trinajstić information content (AvgIpc) is 2.23. The van der Waals surface area contributed by atoms with Gasteiger partial charge >= 0.3 is 0 Å². The maximum atomic E-state index is 4.02. The Kier molecular flexibility index (Phi) is 2.44. The minimum atomic E-state index is 0.593. The van der Waals surface area contributed by atoms with Gasteiger partial charge in [-0.05, 0) is 17.4 Å². The second kappa shape index (κ2) is 3.74. The van der Waals surface area contributed by atoms with Crippen molar-refractivity contribution in [2.75, 3.05) is 0 Å². The molecule has 1 aliphatic carbocycles. The first kappa shape index (κ1) is 9.13. The number of aromatic nitrogens is 2. The molecule has 14 heavy (non-hydrogen) atoms. The molecule has 1 aromatic rings. The third-order valence-electron chi connectivity index (χ3n) is 2.75. The first-order valence-electron chi connectivity index (χ1n) is 4.93. The molecule has 0 saturated carbocycles. The molecule has 2 nitrogen and oxygen atoms in total. The predicted molar refractivity (Wildman–Crippen MR) is 57.5 cm³/mol. The molecule has 2 heteroatoms. The van der Waals surface area contributed by atoms with Crippen LogP contribution >= 0.6 is 0 Å². The second-order valence-corrected chi connectivity index (χ2v) is 3.83. The highest BCUT2D eigenvalue weighted by molar-refractivity contribution is 5.74. The van der Waals surface area contributed by atoms with Crippen LogP contribution in [-0.2, 0) is 0 Å². The fourth-order valence-corrected chi connectivity index (χ4v) is 1.56. The van der Waals surface area contributed by atoms with Crippen molar-refractivity contribution in [3.05, 3.63) is 42.5 Å². The van der Waals surface area contributed by atoms with Gasteiger partial charge in [0.1, 0.15) is 6.33 Å². The molecule has 72 valence electrons. The molecule has 0 aliphatic heterocycles. The van der Waals surface area contributed by atoms with Gasteiger partial charge in [-0.2, -0.15) is 0 Å². The predicted octanol–water partition coefficient (Wildman–Crippen LogP) is 2.70. The van der Waals surface area contributed by atoms with E-state index < -0.39 is 0 Å². The molecule has 0 bridgehead atoms. The Labute approximate surface area is 84.4 Å². The van der Waals surface area contributed by atoms with Crippen LogP contribution in [0.15, 0.2) is 36.9 Å². The van der Waals surface area contributed by atoms with E-state index in [1.165, 1.54) is 5.57 Å². The highest BCUT2D eigenvalue weighted by Crippen LogP contribution is 2.26. The van der Waals surface area contributed by atoms with E-state index in [4.69, 9.17) is 0 Å². The van der Waals surface area contributed by atoms with Gasteiger partial charge in [-0.25, -0.2) is 9.97 Å². The van der Waals surface area contributed by atoms with E-state index in [2.05, 4.69) is 42.0 Å². The molecule has 0 radical (unpaired) electrons. The number of nitrogens with zero attached hydrogens (tertiary/aromatic N) is 2. The zero-order valence-electron chi connectivity index (χ0n) is 8.51. The molecule has 2 atom stereocenters. The molecule has 1 heterocycles. The fraction of sp³-hybridized carbons (Fsp3) is 0.333. The molecule has 1 aromatic heterocycles. The summed E-state index contributed by atoms with van der Waals surface area (Å²) in [6, 6.07) is 0. The van der Waals surface area contributed by atoms with E-state index in [-0.39, 0.29) is 0 Å². The van der Waals surface area contributed by atoms with Crippen molar-refractivity contribution < 1.29 is 0 Å². The molecule has 0 aromatic carbocycles. The second-order valence-electron chi connectivity index (χ2n) is 3.83. The third-order valence-corrected chi connectivity index (χ3v) is 2.75. The molecule has 0 spiro atoms. The van der Waals surface area contributed by atoms with Crippen LogP contribution in [0.2, 0.25) is 0 Å². The Morgan fingerprint density at radius 2 is 1.79 bits per heavy atom. The van der Waals surface area contributed by atoms with Crippen molar-refractivity contribution >= 4 is 5.57 Å². The maximum Gasteiger partial charge on any atom is 0.115 e. The lowest BCUT2D eigenvalue weighted by Crippen LogP contribution is -2.06. The van der Waals surface area contributed by atoms with Gasteiger partial charge in [-0.15, -0.1) is 0 Å². The van der Waals surface area contributed by atoms with Crippen molar-refractivity contribution in [2.45, 2.75) is 13.8 Å². The van der Waals surface area contributed by atoms with Crippen molar-refractivity contribution in [1.29, 1.82) is 0 Å². The van der Waals surface area contributed by atoms with E-state index in [1.807, 2.05) is 12.4 Å². The quantitative estimate of drug-likeness (QED) is 0.674. The Morgan fingerprint density at radius 3 is 2.43 bits per heavy atom. The normalized spacial score (nSPS) is 26.0. The number of allylic oxidation sites excluding steroid dienone is 4. The van der Waals surface area contributed by atoms with Crippen LogP contribution in [0.25, 0.3) is 5.57 Å². The molecular weight excluding hydrogens is 172 g/mol. The highest BCUT2D eigenvalue weighted by Gasteiger charge is 2.12. The molecule has 0 fully saturated rings. The van der Waals surface area contributed by atoms with Crippen LogP contribution in [0.5, 0.6) is 0 Å². The number of hydrogen-bond acceptors (Lipinski definition) is 2. The van der Waals surface area contributed by atoms with Crippen LogP contribution in [0.4, 0.5) is 0 Å². The Balaban J connectivity index is 2.30. The van der Waals surface area contributed by atoms with Gasteiger partial charge in [-0.1, -0.05) is 32.1 Å². The third kappa shape index (κ3) is 1.74. The first-order chi connectivity index (χ1) is 6.77. The summed E-state index contributed by atoms with van der Waals surface area (Å²) in [6.45, 7) is 4.47. The zero-order chi connectivity index (χ0) is 9.97. The maximum absolute atomic E-state index is 4.02. The Hall–Kier alpha value is -1.44. The Bertz CT molecular complexity index is 365. The number of rotatable bonds is 1. The SMILES string of the molecule is CC1C=CC(c2cncnc2)=CC1C. The van der Waals surface area contributed by atoms with E-state index >= 15 is 0 Å². The van der Waals surface area contributed by atoms with Gasteiger partial charge in [0, 0.05) is 18.0 Å². The fourth-order valence-electron chi connectivity index (χ4n) is 1.56. The van der Waals surface area contributed by atoms with Gasteiger partial charge in [0.05, 0.1) is 0 Å². The van der Waals surface area contributed by atoms with Crippen LogP contribution < -0.4 is 0 Å². The molecule has 2 rings (SSSR count). The standard InChI is InChI=1S/C12H14N2/c1-9-3-4-11(5-10(9)2)12-6-13-8-14-7-12/h3-10H,1-2H3. The number of hydrogen-bond donors (Lipinski definition) is 0. The first-order valence-corrected chi connectivity index (χ1v) is 4.93. The van der Waals surface area contributed by atoms with E-state index in [0.717, 1.165) is 5.56 Å². The highest BCUT2D eigenvalue weighted by atomic mass is 14.8. The molecule has 0 saturated heterocycles. The smallest absolute Gasteiger partial charge is 0.115 e. The summed E-state index contributed by atoms with van der Waals surface area (Å²) in [5, 5.41) is 0. The van der Waals surface area contributed by atoms with Crippen molar-refractivity contribution in [2.24, 2.45) is 11.8 Å². The summed E-state index contributed by atoms with van der Waals surface area (Å²) >= 11 is 0. The lowest BCUT2D eigenvalue weighted by atomic mass is 9.87. The van der Waals surface area contributed by atoms with Crippen molar-refractivity contribution in [3.63, 3.8) is 0 Å². The van der Waals surface area contributed by atoms with Gasteiger partial charge in [0.25, 0.3) is 0 Å². The van der Waals surface area contributed by atoms with Gasteiger partial charge in [0.15, 0.2) is 0 Å². The zero-order valence-corrected chi connectivity index (χ0v) is 8.51. The van der Waals surface area contributed by atoms with E-state index in [0.29, 0.717) is 11.8 Å². The summed E-state index contributed by atoms with van der Waals surface area (Å²) in [6.07, 6.45) is 11.9. The van der Waals surface area contributed by atoms with Crippen LogP contribution in [0.3, 0.4) is 0 Å². The lowest BCUT2D eigenvalue weighted by Gasteiger charge is -2.18. The van der Waals surface area contributed by atoms with E-state index in [1.54, 1.807) is 6.33 Å². The van der Waals surface area contributed by atoms with Crippen molar-refractivity contribution in [1.82, 2.24) is 9.97 Å². The van der Waals surface area contributed by atoms with Gasteiger partial charge in [-0.3, -0.25) is 0 Å². The van der Waals surface area contributed by atoms with Crippen LogP contribution in [-0.4, -0.2) is 9.97 Å².